The van der Waals surface area contributed by atoms with Crippen LogP contribution in [0.15, 0.2) is 36.4 Å². The average molecular weight is 546 g/mol. The Labute approximate surface area is 220 Å². The van der Waals surface area contributed by atoms with Crippen LogP contribution in [-0.2, 0) is 53.0 Å². The normalized spacial score (nSPS) is 12.8. The number of aliphatic carboxylic acids is 2. The van der Waals surface area contributed by atoms with Gasteiger partial charge in [0.25, 0.3) is 0 Å². The van der Waals surface area contributed by atoms with Gasteiger partial charge >= 0.3 is 29.0 Å². The van der Waals surface area contributed by atoms with E-state index in [1.54, 1.807) is 41.0 Å². The number of carboxylic acid groups (broad SMARTS) is 2. The van der Waals surface area contributed by atoms with Crippen LogP contribution in [0, 0.1) is 0 Å². The van der Waals surface area contributed by atoms with Gasteiger partial charge in [-0.2, -0.15) is 0 Å². The molecule has 0 aliphatic carbocycles. The second-order valence-electron chi connectivity index (χ2n) is 8.46. The zero-order chi connectivity index (χ0) is 26.1. The molecule has 0 bridgehead atoms. The molecular formula is C25H34FeN2O8+2. The monoisotopic (exact) mass is 546 g/mol. The number of aliphatic hydroxyl groups is 2. The molecule has 36 heavy (non-hydrogen) atoms. The smallest absolute Gasteiger partial charge is 0.508 e. The molecule has 10 nitrogen and oxygen atoms in total. The Balaban J connectivity index is 0.00000648. The zero-order valence-electron chi connectivity index (χ0n) is 20.3. The largest absolute Gasteiger partial charge is 2.00 e. The Hall–Kier alpha value is -2.66. The van der Waals surface area contributed by atoms with Crippen molar-refractivity contribution in [3.63, 3.8) is 0 Å². The summed E-state index contributed by atoms with van der Waals surface area (Å²) in [5, 5.41) is 58.7. The quantitative estimate of drug-likeness (QED) is 0.193. The molecule has 0 saturated carbocycles. The summed E-state index contributed by atoms with van der Waals surface area (Å²) >= 11 is 0. The summed E-state index contributed by atoms with van der Waals surface area (Å²) in [4.78, 5) is 27.0. The second kappa shape index (κ2) is 14.8. The van der Waals surface area contributed by atoms with Gasteiger partial charge < -0.3 is 30.6 Å². The number of nitrogens with zero attached hydrogens (tertiary/aromatic N) is 2. The fraction of sp³-hybridized carbons (Fsp3) is 0.440. The van der Waals surface area contributed by atoms with E-state index >= 15 is 0 Å². The minimum Gasteiger partial charge on any atom is -0.508 e. The third-order valence-corrected chi connectivity index (χ3v) is 6.10. The molecule has 0 heterocycles. The molecule has 2 rings (SSSR count). The number of benzene rings is 2. The molecule has 0 fully saturated rings. The maximum Gasteiger partial charge on any atom is 2.00 e. The van der Waals surface area contributed by atoms with E-state index in [1.807, 2.05) is 0 Å². The van der Waals surface area contributed by atoms with Crippen molar-refractivity contribution < 1.29 is 57.3 Å². The molecule has 0 spiro atoms. The van der Waals surface area contributed by atoms with Crippen LogP contribution in [0.2, 0.25) is 0 Å². The van der Waals surface area contributed by atoms with Gasteiger partial charge in [0.1, 0.15) is 23.6 Å². The molecule has 11 heteroatoms. The summed E-state index contributed by atoms with van der Waals surface area (Å²) in [6.45, 7) is 3.27. The maximum absolute atomic E-state index is 11.9. The molecule has 2 atom stereocenters. The number of aromatic hydroxyl groups is 2. The number of phenols is 2. The molecule has 0 aromatic heterocycles. The summed E-state index contributed by atoms with van der Waals surface area (Å²) in [6, 6.07) is 7.48. The minimum atomic E-state index is -1.07. The van der Waals surface area contributed by atoms with Gasteiger partial charge in [-0.3, -0.25) is 19.4 Å². The molecule has 6 N–H and O–H groups in total. The Kier molecular flexibility index (Phi) is 12.9. The maximum atomic E-state index is 11.9. The third kappa shape index (κ3) is 8.48. The molecule has 0 saturated heterocycles. The van der Waals surface area contributed by atoms with Crippen molar-refractivity contribution in [1.29, 1.82) is 0 Å². The van der Waals surface area contributed by atoms with Gasteiger partial charge in [-0.15, -0.1) is 0 Å². The standard InChI is InChI=1S/C25H34N2O8.Fe/c1-3-21(25(34)35)27(13-20-10-17(14-28)5-7-22(20)30)9-8-26(16(2)24(32)33)12-19-6-4-18(15-29)11-23(19)31;/h4-7,10-11,16,21,28-31H,3,8-9,12-15H2,1-2H3,(H,32,33)(H,34,35);/q;+2/t16?,21-;/m1./s1. The number of hydrogen-bond acceptors (Lipinski definition) is 8. The number of hydrogen-bond donors (Lipinski definition) is 6. The van der Waals surface area contributed by atoms with Gasteiger partial charge in [0.2, 0.25) is 0 Å². The van der Waals surface area contributed by atoms with Gasteiger partial charge in [-0.25, -0.2) is 0 Å². The van der Waals surface area contributed by atoms with E-state index in [1.165, 1.54) is 19.1 Å². The number of carboxylic acids is 2. The Morgan fingerprint density at radius 2 is 1.36 bits per heavy atom. The number of aliphatic hydroxyl groups excluding tert-OH is 2. The van der Waals surface area contributed by atoms with Crippen molar-refractivity contribution in [2.24, 2.45) is 0 Å². The van der Waals surface area contributed by atoms with E-state index in [4.69, 9.17) is 0 Å². The third-order valence-electron chi connectivity index (χ3n) is 6.10. The molecule has 0 aliphatic heterocycles. The van der Waals surface area contributed by atoms with E-state index in [0.717, 1.165) is 0 Å². The van der Waals surface area contributed by atoms with Crippen molar-refractivity contribution in [3.8, 4) is 11.5 Å². The van der Waals surface area contributed by atoms with Crippen LogP contribution in [0.25, 0.3) is 0 Å². The van der Waals surface area contributed by atoms with Crippen LogP contribution >= 0.6 is 0 Å². The second-order valence-corrected chi connectivity index (χ2v) is 8.46. The van der Waals surface area contributed by atoms with E-state index in [0.29, 0.717) is 22.3 Å². The van der Waals surface area contributed by atoms with Crippen LogP contribution in [0.1, 0.15) is 42.5 Å². The van der Waals surface area contributed by atoms with Crippen molar-refractivity contribution in [2.75, 3.05) is 13.1 Å². The molecular weight excluding hydrogens is 512 g/mol. The van der Waals surface area contributed by atoms with Crippen molar-refractivity contribution in [2.45, 2.75) is 58.7 Å². The summed E-state index contributed by atoms with van der Waals surface area (Å²) in [7, 11) is 0. The average Bonchev–Trinajstić information content (AvgIpc) is 2.83. The predicted octanol–water partition coefficient (Wildman–Crippen LogP) is 1.72. The SMILES string of the molecule is CC[C@H](C(=O)O)N(CCN(Cc1ccc(CO)cc1O)C(C)C(=O)O)Cc1cc(CO)ccc1O.[Fe+2]. The van der Waals surface area contributed by atoms with E-state index < -0.39 is 24.0 Å². The van der Waals surface area contributed by atoms with Crippen molar-refractivity contribution >= 4 is 11.9 Å². The number of rotatable bonds is 14. The number of phenolic OH excluding ortho intramolecular Hbond substituents is 2. The zero-order valence-corrected chi connectivity index (χ0v) is 21.4. The molecule has 0 radical (unpaired) electrons. The van der Waals surface area contributed by atoms with Gasteiger partial charge in [-0.1, -0.05) is 25.1 Å². The van der Waals surface area contributed by atoms with Gasteiger partial charge in [0.05, 0.1) is 13.2 Å². The molecule has 1 unspecified atom stereocenters. The Morgan fingerprint density at radius 3 is 1.89 bits per heavy atom. The first-order chi connectivity index (χ1) is 16.6. The van der Waals surface area contributed by atoms with Crippen LogP contribution in [0.3, 0.4) is 0 Å². The van der Waals surface area contributed by atoms with Crippen LogP contribution < -0.4 is 0 Å². The molecule has 0 aliphatic rings. The van der Waals surface area contributed by atoms with Crippen LogP contribution in [0.4, 0.5) is 0 Å². The first-order valence-corrected chi connectivity index (χ1v) is 11.4. The summed E-state index contributed by atoms with van der Waals surface area (Å²) < 4.78 is 0. The molecule has 198 valence electrons. The molecule has 2 aromatic rings. The summed E-state index contributed by atoms with van der Waals surface area (Å²) in [6.07, 6.45) is 0.285. The summed E-state index contributed by atoms with van der Waals surface area (Å²) in [5.41, 5.74) is 2.02. The fourth-order valence-corrected chi connectivity index (χ4v) is 3.90. The topological polar surface area (TPSA) is 162 Å². The minimum absolute atomic E-state index is 0. The first-order valence-electron chi connectivity index (χ1n) is 11.4. The van der Waals surface area contributed by atoms with Gasteiger partial charge in [-0.05, 0) is 42.7 Å². The molecule has 0 amide bonds. The van der Waals surface area contributed by atoms with Gasteiger partial charge in [0, 0.05) is 37.3 Å². The predicted molar refractivity (Wildman–Crippen MR) is 128 cm³/mol. The Bertz CT molecular complexity index is 1020. The van der Waals surface area contributed by atoms with E-state index in [9.17, 15) is 40.2 Å². The van der Waals surface area contributed by atoms with Crippen molar-refractivity contribution in [3.05, 3.63) is 58.7 Å². The Morgan fingerprint density at radius 1 is 0.806 bits per heavy atom. The molecule has 2 aromatic carbocycles. The fourth-order valence-electron chi connectivity index (χ4n) is 3.90. The van der Waals surface area contributed by atoms with E-state index in [-0.39, 0.29) is 74.4 Å². The van der Waals surface area contributed by atoms with E-state index in [2.05, 4.69) is 0 Å². The number of carbonyl (C=O) groups is 2. The first kappa shape index (κ1) is 31.4. The van der Waals surface area contributed by atoms with Gasteiger partial charge in [0.15, 0.2) is 0 Å². The van der Waals surface area contributed by atoms with Crippen LogP contribution in [0.5, 0.6) is 11.5 Å². The van der Waals surface area contributed by atoms with Crippen LogP contribution in [-0.4, -0.2) is 77.6 Å². The van der Waals surface area contributed by atoms with Crippen molar-refractivity contribution in [1.82, 2.24) is 9.80 Å². The summed E-state index contributed by atoms with van der Waals surface area (Å²) in [5.74, 6) is -2.21.